The summed E-state index contributed by atoms with van der Waals surface area (Å²) in [5.41, 5.74) is 4.00. The van der Waals surface area contributed by atoms with E-state index in [1.165, 1.54) is 0 Å². The fraction of sp³-hybridized carbons (Fsp3) is 0.316. The lowest BCUT2D eigenvalue weighted by Crippen LogP contribution is -2.37. The van der Waals surface area contributed by atoms with Gasteiger partial charge in [0.25, 0.3) is 0 Å². The fourth-order valence-electron chi connectivity index (χ4n) is 2.60. The lowest BCUT2D eigenvalue weighted by atomic mass is 9.99. The van der Waals surface area contributed by atoms with Crippen molar-refractivity contribution >= 4 is 5.91 Å². The molecule has 0 aliphatic heterocycles. The number of rotatable bonds is 6. The molecule has 0 spiro atoms. The van der Waals surface area contributed by atoms with Crippen LogP contribution in [0.3, 0.4) is 0 Å². The van der Waals surface area contributed by atoms with Crippen molar-refractivity contribution in [3.8, 4) is 0 Å². The summed E-state index contributed by atoms with van der Waals surface area (Å²) < 4.78 is 0. The molecule has 0 radical (unpaired) electrons. The van der Waals surface area contributed by atoms with Gasteiger partial charge in [-0.15, -0.1) is 0 Å². The van der Waals surface area contributed by atoms with E-state index in [0.717, 1.165) is 22.3 Å². The van der Waals surface area contributed by atoms with Crippen LogP contribution >= 0.6 is 0 Å². The Hall–Kier alpha value is -2.17. The van der Waals surface area contributed by atoms with Crippen LogP contribution in [0.15, 0.2) is 48.5 Å². The molecule has 1 amide bonds. The van der Waals surface area contributed by atoms with Crippen LogP contribution in [0.5, 0.6) is 0 Å². The molecule has 0 fully saturated rings. The molecule has 2 N–H and O–H groups in total. The molecule has 2 aromatic carbocycles. The maximum absolute atomic E-state index is 12.6. The average molecular weight is 312 g/mol. The Morgan fingerprint density at radius 2 is 1.70 bits per heavy atom. The van der Waals surface area contributed by atoms with Crippen molar-refractivity contribution in [2.75, 3.05) is 14.1 Å². The van der Waals surface area contributed by atoms with Crippen molar-refractivity contribution < 1.29 is 9.90 Å². The van der Waals surface area contributed by atoms with Crippen molar-refractivity contribution in [3.05, 3.63) is 70.8 Å². The minimum absolute atomic E-state index is 0.0180. The van der Waals surface area contributed by atoms with Gasteiger partial charge < -0.3 is 10.4 Å². The minimum Gasteiger partial charge on any atom is -0.392 e. The molecule has 0 aliphatic rings. The first kappa shape index (κ1) is 17.2. The highest BCUT2D eigenvalue weighted by atomic mass is 16.3. The van der Waals surface area contributed by atoms with Crippen LogP contribution < -0.4 is 5.32 Å². The number of aliphatic hydroxyl groups excluding tert-OH is 1. The molecule has 2 rings (SSSR count). The maximum Gasteiger partial charge on any atom is 0.242 e. The van der Waals surface area contributed by atoms with Crippen LogP contribution in [0.4, 0.5) is 0 Å². The summed E-state index contributed by atoms with van der Waals surface area (Å²) in [5.74, 6) is -0.0180. The van der Waals surface area contributed by atoms with Gasteiger partial charge in [-0.1, -0.05) is 48.5 Å². The normalized spacial score (nSPS) is 12.2. The van der Waals surface area contributed by atoms with E-state index in [-0.39, 0.29) is 18.6 Å². The van der Waals surface area contributed by atoms with Crippen LogP contribution in [0.2, 0.25) is 0 Å². The number of amides is 1. The number of nitrogens with one attached hydrogen (secondary N) is 1. The summed E-state index contributed by atoms with van der Waals surface area (Å²) in [6.07, 6.45) is 0. The second-order valence-corrected chi connectivity index (χ2v) is 5.92. The van der Waals surface area contributed by atoms with Crippen LogP contribution in [0, 0.1) is 6.92 Å². The van der Waals surface area contributed by atoms with Gasteiger partial charge in [-0.2, -0.15) is 0 Å². The molecule has 122 valence electrons. The molecule has 0 saturated heterocycles. The molecular formula is C19H24N2O2. The second kappa shape index (κ2) is 7.90. The molecule has 0 aromatic heterocycles. The van der Waals surface area contributed by atoms with E-state index in [1.54, 1.807) is 0 Å². The second-order valence-electron chi connectivity index (χ2n) is 5.92. The number of likely N-dealkylation sites (N-methyl/N-ethyl adjacent to an activating group) is 1. The maximum atomic E-state index is 12.6. The first-order valence-electron chi connectivity index (χ1n) is 7.71. The lowest BCUT2D eigenvalue weighted by molar-refractivity contribution is -0.126. The Morgan fingerprint density at radius 3 is 2.26 bits per heavy atom. The largest absolute Gasteiger partial charge is 0.392 e. The first-order valence-corrected chi connectivity index (χ1v) is 7.71. The molecule has 1 unspecified atom stereocenters. The molecule has 0 aliphatic carbocycles. The number of benzene rings is 2. The summed E-state index contributed by atoms with van der Waals surface area (Å²) in [6.45, 7) is 2.52. The standard InChI is InChI=1S/C19H24N2O2/c1-14-6-4-5-7-17(14)18(21(2)3)19(23)20-12-15-8-10-16(13-22)11-9-15/h4-11,18,22H,12-13H2,1-3H3,(H,20,23). The molecule has 4 heteroatoms. The molecule has 0 saturated carbocycles. The van der Waals surface area contributed by atoms with Gasteiger partial charge in [0.15, 0.2) is 0 Å². The molecular weight excluding hydrogens is 288 g/mol. The van der Waals surface area contributed by atoms with Gasteiger partial charge in [0.1, 0.15) is 6.04 Å². The van der Waals surface area contributed by atoms with Gasteiger partial charge >= 0.3 is 0 Å². The van der Waals surface area contributed by atoms with E-state index in [2.05, 4.69) is 5.32 Å². The predicted molar refractivity (Wildman–Crippen MR) is 91.8 cm³/mol. The number of aryl methyl sites for hydroxylation is 1. The zero-order valence-corrected chi connectivity index (χ0v) is 13.9. The third-order valence-corrected chi connectivity index (χ3v) is 3.92. The number of nitrogens with zero attached hydrogens (tertiary/aromatic N) is 1. The minimum atomic E-state index is -0.312. The third kappa shape index (κ3) is 4.41. The van der Waals surface area contributed by atoms with Crippen LogP contribution in [-0.2, 0) is 17.9 Å². The van der Waals surface area contributed by atoms with E-state index < -0.39 is 0 Å². The third-order valence-electron chi connectivity index (χ3n) is 3.92. The summed E-state index contributed by atoms with van der Waals surface area (Å²) in [4.78, 5) is 14.6. The Morgan fingerprint density at radius 1 is 1.09 bits per heavy atom. The van der Waals surface area contributed by atoms with Crippen LogP contribution in [0.1, 0.15) is 28.3 Å². The van der Waals surface area contributed by atoms with Gasteiger partial charge in [0, 0.05) is 6.54 Å². The van der Waals surface area contributed by atoms with Gasteiger partial charge in [-0.25, -0.2) is 0 Å². The van der Waals surface area contributed by atoms with E-state index in [0.29, 0.717) is 6.54 Å². The monoisotopic (exact) mass is 312 g/mol. The molecule has 23 heavy (non-hydrogen) atoms. The van der Waals surface area contributed by atoms with E-state index in [1.807, 2.05) is 74.4 Å². The number of carbonyl (C=O) groups excluding carboxylic acids is 1. The van der Waals surface area contributed by atoms with Crippen molar-refractivity contribution in [1.82, 2.24) is 10.2 Å². The van der Waals surface area contributed by atoms with Crippen LogP contribution in [-0.4, -0.2) is 30.0 Å². The Labute approximate surface area is 137 Å². The van der Waals surface area contributed by atoms with E-state index in [4.69, 9.17) is 5.11 Å². The van der Waals surface area contributed by atoms with Gasteiger partial charge in [0.2, 0.25) is 5.91 Å². The summed E-state index contributed by atoms with van der Waals surface area (Å²) in [6, 6.07) is 15.2. The summed E-state index contributed by atoms with van der Waals surface area (Å²) in [5, 5.41) is 12.1. The quantitative estimate of drug-likeness (QED) is 0.861. The van der Waals surface area contributed by atoms with Crippen molar-refractivity contribution in [2.24, 2.45) is 0 Å². The number of aliphatic hydroxyl groups is 1. The topological polar surface area (TPSA) is 52.6 Å². The molecule has 4 nitrogen and oxygen atoms in total. The summed E-state index contributed by atoms with van der Waals surface area (Å²) >= 11 is 0. The highest BCUT2D eigenvalue weighted by Gasteiger charge is 2.23. The van der Waals surface area contributed by atoms with Gasteiger partial charge in [-0.3, -0.25) is 9.69 Å². The SMILES string of the molecule is Cc1ccccc1C(C(=O)NCc1ccc(CO)cc1)N(C)C. The van der Waals surface area contributed by atoms with Crippen molar-refractivity contribution in [3.63, 3.8) is 0 Å². The van der Waals surface area contributed by atoms with Gasteiger partial charge in [0.05, 0.1) is 6.61 Å². The van der Waals surface area contributed by atoms with Crippen molar-refractivity contribution in [1.29, 1.82) is 0 Å². The molecule has 0 bridgehead atoms. The fourth-order valence-corrected chi connectivity index (χ4v) is 2.60. The van der Waals surface area contributed by atoms with E-state index in [9.17, 15) is 4.79 Å². The zero-order chi connectivity index (χ0) is 16.8. The zero-order valence-electron chi connectivity index (χ0n) is 13.9. The first-order chi connectivity index (χ1) is 11.0. The highest BCUT2D eigenvalue weighted by molar-refractivity contribution is 5.83. The number of carbonyl (C=O) groups is 1. The average Bonchev–Trinajstić information content (AvgIpc) is 2.55. The molecule has 0 heterocycles. The Balaban J connectivity index is 2.08. The highest BCUT2D eigenvalue weighted by Crippen LogP contribution is 2.22. The van der Waals surface area contributed by atoms with Crippen LogP contribution in [0.25, 0.3) is 0 Å². The smallest absolute Gasteiger partial charge is 0.242 e. The Bertz CT molecular complexity index is 651. The van der Waals surface area contributed by atoms with Gasteiger partial charge in [-0.05, 0) is 43.3 Å². The Kier molecular flexibility index (Phi) is 5.90. The lowest BCUT2D eigenvalue weighted by Gasteiger charge is -2.25. The molecule has 1 atom stereocenters. The van der Waals surface area contributed by atoms with E-state index >= 15 is 0 Å². The number of hydrogen-bond acceptors (Lipinski definition) is 3. The number of hydrogen-bond donors (Lipinski definition) is 2. The summed E-state index contributed by atoms with van der Waals surface area (Å²) in [7, 11) is 3.82. The predicted octanol–water partition coefficient (Wildman–Crippen LogP) is 2.41. The van der Waals surface area contributed by atoms with Crippen molar-refractivity contribution in [2.45, 2.75) is 26.1 Å². The molecule has 2 aromatic rings.